The van der Waals surface area contributed by atoms with E-state index in [0.29, 0.717) is 6.42 Å². The molecule has 0 aliphatic rings. The number of carbonyl (C=O) groups excluding carboxylic acids is 2. The highest BCUT2D eigenvalue weighted by Gasteiger charge is 2.21. The van der Waals surface area contributed by atoms with Crippen molar-refractivity contribution in [2.24, 2.45) is 12.8 Å². The molecule has 2 atom stereocenters. The molecule has 0 saturated heterocycles. The van der Waals surface area contributed by atoms with Crippen LogP contribution in [-0.4, -0.2) is 40.9 Å². The predicted octanol–water partition coefficient (Wildman–Crippen LogP) is -0.724. The van der Waals surface area contributed by atoms with Gasteiger partial charge in [0, 0.05) is 19.2 Å². The molecule has 0 saturated carbocycles. The number of hydrogen-bond donors (Lipinski definition) is 2. The number of aromatic nitrogens is 2. The van der Waals surface area contributed by atoms with Gasteiger partial charge in [0.15, 0.2) is 0 Å². The second kappa shape index (κ2) is 6.33. The van der Waals surface area contributed by atoms with Crippen molar-refractivity contribution in [3.63, 3.8) is 0 Å². The van der Waals surface area contributed by atoms with Gasteiger partial charge >= 0.3 is 5.97 Å². The Labute approximate surface area is 112 Å². The molecule has 1 heterocycles. The summed E-state index contributed by atoms with van der Waals surface area (Å²) >= 11 is 0. The van der Waals surface area contributed by atoms with E-state index in [1.54, 1.807) is 18.7 Å². The number of esters is 1. The van der Waals surface area contributed by atoms with Gasteiger partial charge in [-0.3, -0.25) is 9.48 Å². The Morgan fingerprint density at radius 1 is 1.58 bits per heavy atom. The summed E-state index contributed by atoms with van der Waals surface area (Å²) in [5.74, 6) is -0.895. The van der Waals surface area contributed by atoms with Gasteiger partial charge in [0.1, 0.15) is 6.04 Å². The molecule has 106 valence electrons. The predicted molar refractivity (Wildman–Crippen MR) is 69.2 cm³/mol. The molecular weight excluding hydrogens is 248 g/mol. The normalized spacial score (nSPS) is 13.7. The minimum Gasteiger partial charge on any atom is -0.467 e. The molecule has 0 spiro atoms. The summed E-state index contributed by atoms with van der Waals surface area (Å²) in [5.41, 5.74) is 7.55. The molecule has 1 aromatic rings. The zero-order valence-electron chi connectivity index (χ0n) is 11.6. The van der Waals surface area contributed by atoms with Gasteiger partial charge in [-0.15, -0.1) is 0 Å². The molecule has 0 unspecified atom stereocenters. The first-order chi connectivity index (χ1) is 8.85. The van der Waals surface area contributed by atoms with Crippen LogP contribution in [0.15, 0.2) is 6.07 Å². The topological polar surface area (TPSA) is 99.2 Å². The van der Waals surface area contributed by atoms with Crippen molar-refractivity contribution >= 4 is 11.9 Å². The lowest BCUT2D eigenvalue weighted by atomic mass is 10.1. The molecule has 7 nitrogen and oxygen atoms in total. The van der Waals surface area contributed by atoms with Crippen LogP contribution >= 0.6 is 0 Å². The van der Waals surface area contributed by atoms with Crippen molar-refractivity contribution in [2.75, 3.05) is 7.11 Å². The van der Waals surface area contributed by atoms with E-state index in [4.69, 9.17) is 5.73 Å². The summed E-state index contributed by atoms with van der Waals surface area (Å²) < 4.78 is 6.21. The number of nitrogens with one attached hydrogen (secondary N) is 1. The summed E-state index contributed by atoms with van der Waals surface area (Å²) in [6, 6.07) is 0.426. The van der Waals surface area contributed by atoms with Crippen LogP contribution in [0.2, 0.25) is 0 Å². The maximum atomic E-state index is 11.8. The Morgan fingerprint density at radius 2 is 2.21 bits per heavy atom. The number of ether oxygens (including phenoxy) is 1. The largest absolute Gasteiger partial charge is 0.467 e. The summed E-state index contributed by atoms with van der Waals surface area (Å²) in [5, 5.41) is 6.69. The first-order valence-corrected chi connectivity index (χ1v) is 5.98. The van der Waals surface area contributed by atoms with Crippen LogP contribution in [0.25, 0.3) is 0 Å². The molecular formula is C12H20N4O3. The molecule has 1 amide bonds. The number of amides is 1. The Bertz CT molecular complexity index is 470. The van der Waals surface area contributed by atoms with Crippen LogP contribution in [0.4, 0.5) is 0 Å². The van der Waals surface area contributed by atoms with Gasteiger partial charge in [-0.25, -0.2) is 4.79 Å². The summed E-state index contributed by atoms with van der Waals surface area (Å²) in [7, 11) is 3.06. The lowest BCUT2D eigenvalue weighted by Crippen LogP contribution is -2.48. The van der Waals surface area contributed by atoms with E-state index in [2.05, 4.69) is 15.2 Å². The smallest absolute Gasteiger partial charge is 0.328 e. The van der Waals surface area contributed by atoms with Crippen molar-refractivity contribution < 1.29 is 14.3 Å². The average Bonchev–Trinajstić information content (AvgIpc) is 2.66. The standard InChI is InChI=1S/C12H20N4O3/c1-7-5-9(16(3)15-7)6-10(13)11(17)14-8(2)12(18)19-4/h5,8,10H,6,13H2,1-4H3,(H,14,17)/t8-,10+/m1/s1. The van der Waals surface area contributed by atoms with E-state index in [0.717, 1.165) is 11.4 Å². The molecule has 1 aromatic heterocycles. The molecule has 0 aliphatic heterocycles. The fourth-order valence-electron chi connectivity index (χ4n) is 1.73. The van der Waals surface area contributed by atoms with Gasteiger partial charge < -0.3 is 15.8 Å². The number of methoxy groups -OCH3 is 1. The van der Waals surface area contributed by atoms with Gasteiger partial charge in [-0.2, -0.15) is 5.10 Å². The SMILES string of the molecule is COC(=O)[C@@H](C)NC(=O)[C@@H](N)Cc1cc(C)nn1C. The van der Waals surface area contributed by atoms with Crippen molar-refractivity contribution in [1.29, 1.82) is 0 Å². The Morgan fingerprint density at radius 3 is 2.68 bits per heavy atom. The second-order valence-corrected chi connectivity index (χ2v) is 4.46. The minimum atomic E-state index is -0.734. The quantitative estimate of drug-likeness (QED) is 0.686. The van der Waals surface area contributed by atoms with E-state index in [1.807, 2.05) is 13.0 Å². The lowest BCUT2D eigenvalue weighted by molar-refractivity contribution is -0.144. The Kier molecular flexibility index (Phi) is 5.05. The number of nitrogens with zero attached hydrogens (tertiary/aromatic N) is 2. The molecule has 0 aliphatic carbocycles. The van der Waals surface area contributed by atoms with Crippen LogP contribution in [0.3, 0.4) is 0 Å². The first kappa shape index (κ1) is 15.2. The number of nitrogens with two attached hydrogens (primary N) is 1. The van der Waals surface area contributed by atoms with Crippen molar-refractivity contribution in [3.8, 4) is 0 Å². The van der Waals surface area contributed by atoms with E-state index in [-0.39, 0.29) is 0 Å². The van der Waals surface area contributed by atoms with Crippen LogP contribution < -0.4 is 11.1 Å². The van der Waals surface area contributed by atoms with Crippen molar-refractivity contribution in [2.45, 2.75) is 32.4 Å². The molecule has 0 radical (unpaired) electrons. The van der Waals surface area contributed by atoms with Crippen LogP contribution in [-0.2, 0) is 27.8 Å². The third kappa shape index (κ3) is 4.06. The zero-order valence-corrected chi connectivity index (χ0v) is 11.6. The highest BCUT2D eigenvalue weighted by atomic mass is 16.5. The number of rotatable bonds is 5. The fourth-order valence-corrected chi connectivity index (χ4v) is 1.73. The minimum absolute atomic E-state index is 0.358. The highest BCUT2D eigenvalue weighted by Crippen LogP contribution is 2.04. The third-order valence-electron chi connectivity index (χ3n) is 2.78. The average molecular weight is 268 g/mol. The molecule has 1 rings (SSSR count). The van der Waals surface area contributed by atoms with Crippen molar-refractivity contribution in [3.05, 3.63) is 17.5 Å². The van der Waals surface area contributed by atoms with E-state index >= 15 is 0 Å². The number of aryl methyl sites for hydroxylation is 2. The monoisotopic (exact) mass is 268 g/mol. The third-order valence-corrected chi connectivity index (χ3v) is 2.78. The van der Waals surface area contributed by atoms with Gasteiger partial charge in [-0.05, 0) is 19.9 Å². The molecule has 19 heavy (non-hydrogen) atoms. The van der Waals surface area contributed by atoms with Gasteiger partial charge in [0.05, 0.1) is 18.8 Å². The molecule has 0 bridgehead atoms. The number of hydrogen-bond acceptors (Lipinski definition) is 5. The molecule has 0 fully saturated rings. The lowest BCUT2D eigenvalue weighted by Gasteiger charge is -2.15. The van der Waals surface area contributed by atoms with E-state index in [9.17, 15) is 9.59 Å². The second-order valence-electron chi connectivity index (χ2n) is 4.46. The molecule has 0 aromatic carbocycles. The van der Waals surface area contributed by atoms with E-state index in [1.165, 1.54) is 7.11 Å². The van der Waals surface area contributed by atoms with Crippen LogP contribution in [0.1, 0.15) is 18.3 Å². The maximum absolute atomic E-state index is 11.8. The van der Waals surface area contributed by atoms with Gasteiger partial charge in [0.2, 0.25) is 5.91 Å². The Hall–Kier alpha value is -1.89. The summed E-state index contributed by atoms with van der Waals surface area (Å²) in [6.07, 6.45) is 0.358. The summed E-state index contributed by atoms with van der Waals surface area (Å²) in [4.78, 5) is 23.0. The van der Waals surface area contributed by atoms with Crippen molar-refractivity contribution in [1.82, 2.24) is 15.1 Å². The first-order valence-electron chi connectivity index (χ1n) is 5.98. The van der Waals surface area contributed by atoms with Gasteiger partial charge in [0.25, 0.3) is 0 Å². The maximum Gasteiger partial charge on any atom is 0.328 e. The fraction of sp³-hybridized carbons (Fsp3) is 0.583. The van der Waals surface area contributed by atoms with Crippen LogP contribution in [0, 0.1) is 6.92 Å². The Balaban J connectivity index is 2.58. The number of carbonyl (C=O) groups is 2. The van der Waals surface area contributed by atoms with Crippen LogP contribution in [0.5, 0.6) is 0 Å². The highest BCUT2D eigenvalue weighted by molar-refractivity contribution is 5.87. The molecule has 3 N–H and O–H groups in total. The van der Waals surface area contributed by atoms with Gasteiger partial charge in [-0.1, -0.05) is 0 Å². The zero-order chi connectivity index (χ0) is 14.6. The molecule has 7 heteroatoms. The summed E-state index contributed by atoms with van der Waals surface area (Å²) in [6.45, 7) is 3.42. The van der Waals surface area contributed by atoms with E-state index < -0.39 is 24.0 Å².